The zero-order valence-corrected chi connectivity index (χ0v) is 20.2. The minimum atomic E-state index is -0.227. The number of aryl methyl sites for hydroxylation is 1. The highest BCUT2D eigenvalue weighted by molar-refractivity contribution is 5.81. The van der Waals surface area contributed by atoms with E-state index in [1.807, 2.05) is 37.3 Å². The van der Waals surface area contributed by atoms with Crippen LogP contribution >= 0.6 is 0 Å². The van der Waals surface area contributed by atoms with Gasteiger partial charge in [-0.25, -0.2) is 4.98 Å². The Hall–Kier alpha value is -3.65. The van der Waals surface area contributed by atoms with Gasteiger partial charge >= 0.3 is 0 Å². The fourth-order valence-corrected chi connectivity index (χ4v) is 4.28. The standard InChI is InChI=1S/C27H31N3O5/c1-4-12-35-23-11-10-20(14-24(23)33-3)15-29(16-21-8-6-13-34-21)25(31)17-30-18-28-26-19(2)7-5-9-22(26)27(30)32/h4-5,7,9-11,14,18,21H,1,6,8,12-13,15-17H2,2-3H3. The van der Waals surface area contributed by atoms with Gasteiger partial charge < -0.3 is 19.1 Å². The smallest absolute Gasteiger partial charge is 0.261 e. The SMILES string of the molecule is C=CCOc1ccc(CN(CC2CCCO2)C(=O)Cn2cnc3c(C)cccc3c2=O)cc1OC. The average molecular weight is 478 g/mol. The first-order chi connectivity index (χ1) is 17.0. The van der Waals surface area contributed by atoms with Crippen molar-refractivity contribution in [3.63, 3.8) is 0 Å². The predicted octanol–water partition coefficient (Wildman–Crippen LogP) is 3.49. The van der Waals surface area contributed by atoms with E-state index in [1.54, 1.807) is 24.2 Å². The Morgan fingerprint density at radius 3 is 2.91 bits per heavy atom. The Balaban J connectivity index is 1.57. The summed E-state index contributed by atoms with van der Waals surface area (Å²) < 4.78 is 18.3. The Morgan fingerprint density at radius 2 is 2.17 bits per heavy atom. The van der Waals surface area contributed by atoms with Crippen molar-refractivity contribution in [3.05, 3.63) is 76.9 Å². The quantitative estimate of drug-likeness (QED) is 0.416. The maximum atomic E-state index is 13.4. The summed E-state index contributed by atoms with van der Waals surface area (Å²) in [6, 6.07) is 11.1. The van der Waals surface area contributed by atoms with Gasteiger partial charge in [0.25, 0.3) is 5.56 Å². The Morgan fingerprint density at radius 1 is 1.31 bits per heavy atom. The van der Waals surface area contributed by atoms with Gasteiger partial charge in [0.05, 0.1) is 30.4 Å². The molecule has 1 atom stereocenters. The van der Waals surface area contributed by atoms with Crippen LogP contribution in [0.3, 0.4) is 0 Å². The second-order valence-electron chi connectivity index (χ2n) is 8.64. The van der Waals surface area contributed by atoms with Crippen LogP contribution in [0.15, 0.2) is 60.2 Å². The molecule has 1 aromatic heterocycles. The predicted molar refractivity (Wildman–Crippen MR) is 134 cm³/mol. The summed E-state index contributed by atoms with van der Waals surface area (Å²) in [6.07, 6.45) is 4.97. The van der Waals surface area contributed by atoms with Crippen LogP contribution in [0, 0.1) is 6.92 Å². The number of ether oxygens (including phenoxy) is 3. The van der Waals surface area contributed by atoms with Crippen molar-refractivity contribution in [2.24, 2.45) is 0 Å². The van der Waals surface area contributed by atoms with E-state index in [0.717, 1.165) is 24.0 Å². The number of hydrogen-bond acceptors (Lipinski definition) is 6. The van der Waals surface area contributed by atoms with Gasteiger partial charge in [0, 0.05) is 19.7 Å². The Bertz CT molecular complexity index is 1260. The molecule has 35 heavy (non-hydrogen) atoms. The monoisotopic (exact) mass is 477 g/mol. The molecular weight excluding hydrogens is 446 g/mol. The number of aromatic nitrogens is 2. The van der Waals surface area contributed by atoms with Crippen molar-refractivity contribution < 1.29 is 19.0 Å². The summed E-state index contributed by atoms with van der Waals surface area (Å²) in [6.45, 7) is 7.35. The molecule has 0 N–H and O–H groups in total. The molecule has 2 heterocycles. The third kappa shape index (κ3) is 5.71. The van der Waals surface area contributed by atoms with Crippen LogP contribution in [0.5, 0.6) is 11.5 Å². The molecule has 1 saturated heterocycles. The Labute approximate surface area is 204 Å². The molecule has 1 aliphatic rings. The van der Waals surface area contributed by atoms with Crippen molar-refractivity contribution in [3.8, 4) is 11.5 Å². The van der Waals surface area contributed by atoms with E-state index in [1.165, 1.54) is 10.9 Å². The largest absolute Gasteiger partial charge is 0.493 e. The van der Waals surface area contributed by atoms with Gasteiger partial charge in [0.15, 0.2) is 11.5 Å². The third-order valence-corrected chi connectivity index (χ3v) is 6.12. The zero-order valence-electron chi connectivity index (χ0n) is 20.2. The number of rotatable bonds is 10. The lowest BCUT2D eigenvalue weighted by molar-refractivity contribution is -0.134. The van der Waals surface area contributed by atoms with Gasteiger partial charge in [-0.1, -0.05) is 30.9 Å². The van der Waals surface area contributed by atoms with Crippen molar-refractivity contribution in [1.29, 1.82) is 0 Å². The van der Waals surface area contributed by atoms with E-state index < -0.39 is 0 Å². The number of carbonyl (C=O) groups excluding carboxylic acids is 1. The van der Waals surface area contributed by atoms with Gasteiger partial charge in [-0.15, -0.1) is 0 Å². The van der Waals surface area contributed by atoms with Gasteiger partial charge in [0.1, 0.15) is 13.2 Å². The molecule has 0 aliphatic carbocycles. The molecule has 8 heteroatoms. The number of methoxy groups -OCH3 is 1. The van der Waals surface area contributed by atoms with Crippen molar-refractivity contribution >= 4 is 16.8 Å². The summed E-state index contributed by atoms with van der Waals surface area (Å²) in [7, 11) is 1.58. The van der Waals surface area contributed by atoms with Crippen molar-refractivity contribution in [2.45, 2.75) is 39.0 Å². The number of para-hydroxylation sites is 1. The molecule has 0 spiro atoms. The molecule has 1 fully saturated rings. The first kappa shape index (κ1) is 24.5. The summed E-state index contributed by atoms with van der Waals surface area (Å²) in [5.74, 6) is 1.01. The molecule has 2 aromatic carbocycles. The molecule has 1 unspecified atom stereocenters. The molecule has 4 rings (SSSR count). The first-order valence-electron chi connectivity index (χ1n) is 11.7. The van der Waals surface area contributed by atoms with Crippen LogP contribution in [0.4, 0.5) is 0 Å². The van der Waals surface area contributed by atoms with Crippen LogP contribution < -0.4 is 15.0 Å². The number of fused-ring (bicyclic) bond motifs is 1. The average Bonchev–Trinajstić information content (AvgIpc) is 3.38. The number of benzene rings is 2. The summed E-state index contributed by atoms with van der Waals surface area (Å²) in [5.41, 5.74) is 2.24. The zero-order chi connectivity index (χ0) is 24.8. The molecule has 3 aromatic rings. The first-order valence-corrected chi connectivity index (χ1v) is 11.7. The summed E-state index contributed by atoms with van der Waals surface area (Å²) in [5, 5.41) is 0.505. The highest BCUT2D eigenvalue weighted by Crippen LogP contribution is 2.29. The topological polar surface area (TPSA) is 82.9 Å². The van der Waals surface area contributed by atoms with Crippen LogP contribution in [0.2, 0.25) is 0 Å². The fraction of sp³-hybridized carbons (Fsp3) is 0.370. The second kappa shape index (κ2) is 11.2. The van der Waals surface area contributed by atoms with Crippen LogP contribution in [0.25, 0.3) is 10.9 Å². The van der Waals surface area contributed by atoms with Gasteiger partial charge in [0.2, 0.25) is 5.91 Å². The van der Waals surface area contributed by atoms with Crippen molar-refractivity contribution in [1.82, 2.24) is 14.5 Å². The van der Waals surface area contributed by atoms with Crippen LogP contribution in [0.1, 0.15) is 24.0 Å². The van der Waals surface area contributed by atoms with E-state index in [4.69, 9.17) is 14.2 Å². The lowest BCUT2D eigenvalue weighted by Crippen LogP contribution is -2.40. The van der Waals surface area contributed by atoms with E-state index in [0.29, 0.717) is 48.7 Å². The number of amides is 1. The van der Waals surface area contributed by atoms with Crippen LogP contribution in [-0.2, 0) is 22.6 Å². The molecule has 1 aliphatic heterocycles. The Kier molecular flexibility index (Phi) is 7.82. The number of nitrogens with zero attached hydrogens (tertiary/aromatic N) is 3. The number of hydrogen-bond donors (Lipinski definition) is 0. The van der Waals surface area contributed by atoms with E-state index in [-0.39, 0.29) is 24.1 Å². The second-order valence-corrected chi connectivity index (χ2v) is 8.64. The van der Waals surface area contributed by atoms with E-state index in [2.05, 4.69) is 11.6 Å². The third-order valence-electron chi connectivity index (χ3n) is 6.12. The molecule has 0 bridgehead atoms. The fourth-order valence-electron chi connectivity index (χ4n) is 4.28. The molecule has 0 saturated carbocycles. The minimum absolute atomic E-state index is 0.0230. The number of carbonyl (C=O) groups is 1. The summed E-state index contributed by atoms with van der Waals surface area (Å²) in [4.78, 5) is 32.6. The lowest BCUT2D eigenvalue weighted by atomic mass is 10.1. The van der Waals surface area contributed by atoms with Gasteiger partial charge in [-0.3, -0.25) is 14.2 Å². The molecule has 0 radical (unpaired) electrons. The lowest BCUT2D eigenvalue weighted by Gasteiger charge is -2.26. The molecular formula is C27H31N3O5. The van der Waals surface area contributed by atoms with E-state index in [9.17, 15) is 9.59 Å². The van der Waals surface area contributed by atoms with Crippen molar-refractivity contribution in [2.75, 3.05) is 26.9 Å². The highest BCUT2D eigenvalue weighted by Gasteiger charge is 2.24. The van der Waals surface area contributed by atoms with Crippen LogP contribution in [-0.4, -0.2) is 53.3 Å². The van der Waals surface area contributed by atoms with Gasteiger partial charge in [-0.05, 0) is 49.1 Å². The normalized spacial score (nSPS) is 15.2. The molecule has 184 valence electrons. The maximum Gasteiger partial charge on any atom is 0.261 e. The molecule has 8 nitrogen and oxygen atoms in total. The minimum Gasteiger partial charge on any atom is -0.493 e. The van der Waals surface area contributed by atoms with Gasteiger partial charge in [-0.2, -0.15) is 0 Å². The maximum absolute atomic E-state index is 13.4. The van der Waals surface area contributed by atoms with E-state index >= 15 is 0 Å². The molecule has 1 amide bonds. The summed E-state index contributed by atoms with van der Waals surface area (Å²) >= 11 is 0. The highest BCUT2D eigenvalue weighted by atomic mass is 16.5.